The molecule has 1 aromatic carbocycles. The number of aliphatic hydroxyl groups excluding tert-OH is 1. The third kappa shape index (κ3) is 6.60. The number of phenols is 1. The van der Waals surface area contributed by atoms with E-state index >= 15 is 0 Å². The Labute approximate surface area is 143 Å². The van der Waals surface area contributed by atoms with Crippen LogP contribution in [-0.4, -0.2) is 28.6 Å². The summed E-state index contributed by atoms with van der Waals surface area (Å²) in [5.41, 5.74) is 2.14. The van der Waals surface area contributed by atoms with E-state index in [0.29, 0.717) is 29.3 Å². The van der Waals surface area contributed by atoms with Crippen LogP contribution in [-0.2, 0) is 12.8 Å². The van der Waals surface area contributed by atoms with Gasteiger partial charge in [-0.15, -0.1) is 23.2 Å². The maximum absolute atomic E-state index is 10.00. The van der Waals surface area contributed by atoms with Crippen molar-refractivity contribution in [1.82, 2.24) is 0 Å². The molecule has 0 bridgehead atoms. The van der Waals surface area contributed by atoms with Gasteiger partial charge in [0.15, 0.2) is 0 Å². The van der Waals surface area contributed by atoms with Crippen LogP contribution >= 0.6 is 23.2 Å². The van der Waals surface area contributed by atoms with Crippen LogP contribution < -0.4 is 0 Å². The summed E-state index contributed by atoms with van der Waals surface area (Å²) in [6, 6.07) is 5.72. The number of benzene rings is 1. The lowest BCUT2D eigenvalue weighted by Crippen LogP contribution is -2.11. The second-order valence-corrected chi connectivity index (χ2v) is 6.43. The van der Waals surface area contributed by atoms with Gasteiger partial charge in [0.05, 0.1) is 6.61 Å². The van der Waals surface area contributed by atoms with E-state index < -0.39 is 0 Å². The van der Waals surface area contributed by atoms with Gasteiger partial charge in [-0.3, -0.25) is 0 Å². The molecule has 2 N–H and O–H groups in total. The summed E-state index contributed by atoms with van der Waals surface area (Å²) in [4.78, 5) is 0. The highest BCUT2D eigenvalue weighted by molar-refractivity contribution is 6.18. The summed E-state index contributed by atoms with van der Waals surface area (Å²) < 4.78 is 0. The average Bonchev–Trinajstić information content (AvgIpc) is 2.51. The van der Waals surface area contributed by atoms with Crippen molar-refractivity contribution in [2.75, 3.05) is 18.4 Å². The molecule has 0 aliphatic heterocycles. The molecule has 2 nitrogen and oxygen atoms in total. The Morgan fingerprint density at radius 1 is 1.14 bits per heavy atom. The van der Waals surface area contributed by atoms with Crippen LogP contribution in [0.4, 0.5) is 0 Å². The zero-order valence-corrected chi connectivity index (χ0v) is 14.7. The van der Waals surface area contributed by atoms with Crippen molar-refractivity contribution in [2.45, 2.75) is 32.6 Å². The number of hydrogen-bond donors (Lipinski definition) is 2. The highest BCUT2D eigenvalue weighted by atomic mass is 35.5. The summed E-state index contributed by atoms with van der Waals surface area (Å²) in [7, 11) is 0. The van der Waals surface area contributed by atoms with Gasteiger partial charge in [-0.2, -0.15) is 0 Å². The number of aliphatic hydroxyl groups is 1. The minimum absolute atomic E-state index is 0.0623. The minimum atomic E-state index is 0.0623. The SMILES string of the molecule is CC(CCc1cc(CCCl)ccc1O)C(/C=C\CO)CCCl. The molecule has 2 unspecified atom stereocenters. The van der Waals surface area contributed by atoms with Crippen molar-refractivity contribution in [1.29, 1.82) is 0 Å². The molecular weight excluding hydrogens is 319 g/mol. The fourth-order valence-electron chi connectivity index (χ4n) is 2.63. The molecule has 1 rings (SSSR count). The molecule has 124 valence electrons. The van der Waals surface area contributed by atoms with Crippen molar-refractivity contribution in [3.05, 3.63) is 41.5 Å². The number of aryl methyl sites for hydroxylation is 2. The van der Waals surface area contributed by atoms with Crippen LogP contribution in [0.2, 0.25) is 0 Å². The molecule has 0 heterocycles. The van der Waals surface area contributed by atoms with Crippen molar-refractivity contribution in [3.8, 4) is 5.75 Å². The second kappa shape index (κ2) is 10.9. The predicted molar refractivity (Wildman–Crippen MR) is 95.1 cm³/mol. The highest BCUT2D eigenvalue weighted by Gasteiger charge is 2.15. The molecule has 0 fully saturated rings. The van der Waals surface area contributed by atoms with Crippen molar-refractivity contribution < 1.29 is 10.2 Å². The highest BCUT2D eigenvalue weighted by Crippen LogP contribution is 2.26. The lowest BCUT2D eigenvalue weighted by Gasteiger charge is -2.20. The first-order valence-electron chi connectivity index (χ1n) is 7.82. The van der Waals surface area contributed by atoms with Crippen LogP contribution in [0.15, 0.2) is 30.4 Å². The lowest BCUT2D eigenvalue weighted by molar-refractivity contribution is 0.338. The van der Waals surface area contributed by atoms with Gasteiger partial charge < -0.3 is 10.2 Å². The van der Waals surface area contributed by atoms with Gasteiger partial charge >= 0.3 is 0 Å². The van der Waals surface area contributed by atoms with Crippen LogP contribution in [0.5, 0.6) is 5.75 Å². The molecule has 0 radical (unpaired) electrons. The number of phenolic OH excluding ortho intramolecular Hbond substituents is 1. The third-order valence-electron chi connectivity index (χ3n) is 4.06. The van der Waals surface area contributed by atoms with Gasteiger partial charge in [-0.25, -0.2) is 0 Å². The molecule has 0 aliphatic carbocycles. The molecule has 2 atom stereocenters. The normalized spacial score (nSPS) is 14.4. The van der Waals surface area contributed by atoms with Crippen LogP contribution in [0.25, 0.3) is 0 Å². The standard InChI is InChI=1S/C18H26Cl2O2/c1-14(16(9-11-20)3-2-12-21)4-6-17-13-15(8-10-19)5-7-18(17)22/h2-3,5,7,13-14,16,21-22H,4,6,8-12H2,1H3/b3-2-. The van der Waals surface area contributed by atoms with Gasteiger partial charge in [-0.05, 0) is 54.7 Å². The topological polar surface area (TPSA) is 40.5 Å². The van der Waals surface area contributed by atoms with E-state index in [2.05, 4.69) is 13.0 Å². The molecular formula is C18H26Cl2O2. The van der Waals surface area contributed by atoms with Gasteiger partial charge in [0.2, 0.25) is 0 Å². The summed E-state index contributed by atoms with van der Waals surface area (Å²) in [6.07, 6.45) is 7.35. The van der Waals surface area contributed by atoms with Crippen molar-refractivity contribution in [2.24, 2.45) is 11.8 Å². The Morgan fingerprint density at radius 2 is 1.91 bits per heavy atom. The Balaban J connectivity index is 2.66. The Hall–Kier alpha value is -0.700. The van der Waals surface area contributed by atoms with E-state index in [1.54, 1.807) is 12.1 Å². The lowest BCUT2D eigenvalue weighted by atomic mass is 9.86. The zero-order chi connectivity index (χ0) is 16.4. The summed E-state index contributed by atoms with van der Waals surface area (Å²) >= 11 is 11.6. The maximum atomic E-state index is 10.00. The molecule has 0 aliphatic rings. The van der Waals surface area contributed by atoms with Gasteiger partial charge in [0.1, 0.15) is 5.75 Å². The number of alkyl halides is 2. The Morgan fingerprint density at radius 3 is 2.55 bits per heavy atom. The largest absolute Gasteiger partial charge is 0.508 e. The minimum Gasteiger partial charge on any atom is -0.508 e. The molecule has 0 amide bonds. The first-order chi connectivity index (χ1) is 10.6. The van der Waals surface area contributed by atoms with Crippen LogP contribution in [0.1, 0.15) is 30.9 Å². The monoisotopic (exact) mass is 344 g/mol. The number of hydrogen-bond acceptors (Lipinski definition) is 2. The van der Waals surface area contributed by atoms with E-state index in [9.17, 15) is 5.11 Å². The molecule has 22 heavy (non-hydrogen) atoms. The fourth-order valence-corrected chi connectivity index (χ4v) is 3.10. The quantitative estimate of drug-likeness (QED) is 0.483. The molecule has 0 saturated heterocycles. The summed E-state index contributed by atoms with van der Waals surface area (Å²) in [5, 5.41) is 18.9. The average molecular weight is 345 g/mol. The van der Waals surface area contributed by atoms with Crippen LogP contribution in [0, 0.1) is 11.8 Å². The van der Waals surface area contributed by atoms with Crippen LogP contribution in [0.3, 0.4) is 0 Å². The second-order valence-electron chi connectivity index (χ2n) is 5.67. The van der Waals surface area contributed by atoms with Gasteiger partial charge in [0, 0.05) is 11.8 Å². The van der Waals surface area contributed by atoms with E-state index in [-0.39, 0.29) is 6.61 Å². The predicted octanol–water partition coefficient (Wildman–Crippen LogP) is 4.54. The maximum Gasteiger partial charge on any atom is 0.118 e. The van der Waals surface area contributed by atoms with Gasteiger partial charge in [0.25, 0.3) is 0 Å². The summed E-state index contributed by atoms with van der Waals surface area (Å²) in [6.45, 7) is 2.26. The molecule has 0 saturated carbocycles. The number of allylic oxidation sites excluding steroid dienone is 1. The van der Waals surface area contributed by atoms with E-state index in [1.807, 2.05) is 12.1 Å². The van der Waals surface area contributed by atoms with Crippen molar-refractivity contribution >= 4 is 23.2 Å². The fraction of sp³-hybridized carbons (Fsp3) is 0.556. The van der Waals surface area contributed by atoms with Gasteiger partial charge in [-0.1, -0.05) is 31.2 Å². The molecule has 1 aromatic rings. The first-order valence-corrected chi connectivity index (χ1v) is 8.89. The van der Waals surface area contributed by atoms with E-state index in [1.165, 1.54) is 0 Å². The smallest absolute Gasteiger partial charge is 0.118 e. The molecule has 0 spiro atoms. The number of aromatic hydroxyl groups is 1. The number of rotatable bonds is 10. The summed E-state index contributed by atoms with van der Waals surface area (Å²) in [5.74, 6) is 2.35. The molecule has 4 heteroatoms. The first kappa shape index (κ1) is 19.3. The van der Waals surface area contributed by atoms with Crippen molar-refractivity contribution in [3.63, 3.8) is 0 Å². The van der Waals surface area contributed by atoms with E-state index in [4.69, 9.17) is 28.3 Å². The Kier molecular flexibility index (Phi) is 9.61. The third-order valence-corrected chi connectivity index (χ3v) is 4.47. The molecule has 0 aromatic heterocycles. The Bertz CT molecular complexity index is 460. The number of halogens is 2. The van der Waals surface area contributed by atoms with E-state index in [0.717, 1.165) is 36.8 Å². The zero-order valence-electron chi connectivity index (χ0n) is 13.1.